The Bertz CT molecular complexity index is 1170. The Kier molecular flexibility index (Phi) is 4.88. The SMILES string of the molecule is O=C(Nc1cccc(OCCn2cccn2)c1)c1cc2ccccc2oc1=O. The number of rotatable bonds is 6. The molecule has 0 spiro atoms. The average molecular weight is 375 g/mol. The van der Waals surface area contributed by atoms with Crippen LogP contribution in [0, 0.1) is 0 Å². The normalized spacial score (nSPS) is 10.7. The second-order valence-electron chi connectivity index (χ2n) is 6.08. The summed E-state index contributed by atoms with van der Waals surface area (Å²) in [4.78, 5) is 24.7. The van der Waals surface area contributed by atoms with Crippen molar-refractivity contribution in [1.82, 2.24) is 9.78 Å². The lowest BCUT2D eigenvalue weighted by atomic mass is 10.1. The third-order valence-corrected chi connectivity index (χ3v) is 4.13. The highest BCUT2D eigenvalue weighted by molar-refractivity contribution is 6.05. The number of anilines is 1. The first-order valence-electron chi connectivity index (χ1n) is 8.73. The molecule has 1 N–H and O–H groups in total. The molecule has 0 fully saturated rings. The monoisotopic (exact) mass is 375 g/mol. The molecule has 0 bridgehead atoms. The van der Waals surface area contributed by atoms with Crippen molar-refractivity contribution in [1.29, 1.82) is 0 Å². The minimum atomic E-state index is -0.678. The van der Waals surface area contributed by atoms with Crippen LogP contribution in [0.25, 0.3) is 11.0 Å². The van der Waals surface area contributed by atoms with Crippen LogP contribution in [-0.2, 0) is 6.54 Å². The van der Waals surface area contributed by atoms with Crippen molar-refractivity contribution in [3.8, 4) is 5.75 Å². The molecule has 4 rings (SSSR count). The number of hydrogen-bond donors (Lipinski definition) is 1. The molecule has 7 heteroatoms. The van der Waals surface area contributed by atoms with E-state index in [0.717, 1.165) is 0 Å². The second-order valence-corrected chi connectivity index (χ2v) is 6.08. The van der Waals surface area contributed by atoms with Crippen molar-refractivity contribution in [3.63, 3.8) is 0 Å². The Labute approximate surface area is 160 Å². The van der Waals surface area contributed by atoms with Gasteiger partial charge in [-0.1, -0.05) is 24.3 Å². The number of nitrogens with zero attached hydrogens (tertiary/aromatic N) is 2. The van der Waals surface area contributed by atoms with Crippen LogP contribution < -0.4 is 15.7 Å². The molecule has 0 atom stereocenters. The standard InChI is InChI=1S/C21H17N3O4/c25-20(18-13-15-5-1-2-8-19(15)28-21(18)26)23-16-6-3-7-17(14-16)27-12-11-24-10-4-9-22-24/h1-10,13-14H,11-12H2,(H,23,25). The molecule has 0 radical (unpaired) electrons. The zero-order chi connectivity index (χ0) is 19.3. The summed E-state index contributed by atoms with van der Waals surface area (Å²) in [6, 6.07) is 17.4. The van der Waals surface area contributed by atoms with Crippen LogP contribution >= 0.6 is 0 Å². The van der Waals surface area contributed by atoms with Gasteiger partial charge in [0.1, 0.15) is 23.5 Å². The maximum Gasteiger partial charge on any atom is 0.349 e. The number of carbonyl (C=O) groups is 1. The molecule has 28 heavy (non-hydrogen) atoms. The molecule has 0 saturated heterocycles. The molecule has 0 unspecified atom stereocenters. The number of carbonyl (C=O) groups excluding carboxylic acids is 1. The highest BCUT2D eigenvalue weighted by Crippen LogP contribution is 2.19. The summed E-state index contributed by atoms with van der Waals surface area (Å²) in [5, 5.41) is 7.50. The number of hydrogen-bond acceptors (Lipinski definition) is 5. The first-order chi connectivity index (χ1) is 13.7. The molecule has 0 aliphatic carbocycles. The van der Waals surface area contributed by atoms with E-state index in [0.29, 0.717) is 35.6 Å². The lowest BCUT2D eigenvalue weighted by Crippen LogP contribution is -2.20. The summed E-state index contributed by atoms with van der Waals surface area (Å²) < 4.78 is 12.7. The summed E-state index contributed by atoms with van der Waals surface area (Å²) in [6.45, 7) is 1.05. The fourth-order valence-corrected chi connectivity index (χ4v) is 2.77. The largest absolute Gasteiger partial charge is 0.492 e. The molecule has 0 aliphatic rings. The van der Waals surface area contributed by atoms with Gasteiger partial charge in [0.15, 0.2) is 0 Å². The Morgan fingerprint density at radius 1 is 1.11 bits per heavy atom. The van der Waals surface area contributed by atoms with Crippen LogP contribution in [0.1, 0.15) is 10.4 Å². The van der Waals surface area contributed by atoms with Gasteiger partial charge in [0.2, 0.25) is 0 Å². The molecule has 140 valence electrons. The molecule has 2 aromatic heterocycles. The van der Waals surface area contributed by atoms with Crippen LogP contribution in [0.15, 0.2) is 82.3 Å². The summed E-state index contributed by atoms with van der Waals surface area (Å²) in [5.41, 5.74) is 0.234. The topological polar surface area (TPSA) is 86.4 Å². The van der Waals surface area contributed by atoms with E-state index in [-0.39, 0.29) is 5.56 Å². The quantitative estimate of drug-likeness (QED) is 0.523. The van der Waals surface area contributed by atoms with Gasteiger partial charge in [-0.3, -0.25) is 9.48 Å². The van der Waals surface area contributed by atoms with Gasteiger partial charge in [-0.2, -0.15) is 5.10 Å². The number of nitrogens with one attached hydrogen (secondary N) is 1. The van der Waals surface area contributed by atoms with E-state index in [1.165, 1.54) is 6.07 Å². The lowest BCUT2D eigenvalue weighted by molar-refractivity contribution is 0.102. The second kappa shape index (κ2) is 7.79. The van der Waals surface area contributed by atoms with Crippen molar-refractivity contribution in [2.45, 2.75) is 6.54 Å². The van der Waals surface area contributed by atoms with E-state index in [1.807, 2.05) is 18.3 Å². The van der Waals surface area contributed by atoms with Crippen molar-refractivity contribution >= 4 is 22.6 Å². The van der Waals surface area contributed by atoms with Crippen molar-refractivity contribution in [3.05, 3.63) is 89.0 Å². The fraction of sp³-hybridized carbons (Fsp3) is 0.0952. The van der Waals surface area contributed by atoms with Crippen LogP contribution in [0.2, 0.25) is 0 Å². The maximum absolute atomic E-state index is 12.5. The van der Waals surface area contributed by atoms with Gasteiger partial charge >= 0.3 is 5.63 Å². The molecular formula is C21H17N3O4. The lowest BCUT2D eigenvalue weighted by Gasteiger charge is -2.09. The third kappa shape index (κ3) is 3.93. The first kappa shape index (κ1) is 17.5. The van der Waals surface area contributed by atoms with Gasteiger partial charge < -0.3 is 14.5 Å². The van der Waals surface area contributed by atoms with Gasteiger partial charge in [-0.15, -0.1) is 0 Å². The Balaban J connectivity index is 1.46. The summed E-state index contributed by atoms with van der Waals surface area (Å²) in [5.74, 6) is 0.0729. The van der Waals surface area contributed by atoms with Gasteiger partial charge in [0.05, 0.1) is 6.54 Å². The molecule has 0 aliphatic heterocycles. The van der Waals surface area contributed by atoms with Crippen LogP contribution in [0.4, 0.5) is 5.69 Å². The summed E-state index contributed by atoms with van der Waals surface area (Å²) in [6.07, 6.45) is 3.56. The van der Waals surface area contributed by atoms with Crippen LogP contribution in [0.3, 0.4) is 0 Å². The smallest absolute Gasteiger partial charge is 0.349 e. The van der Waals surface area contributed by atoms with Crippen molar-refractivity contribution in [2.75, 3.05) is 11.9 Å². The van der Waals surface area contributed by atoms with Gasteiger partial charge in [0.25, 0.3) is 5.91 Å². The number of fused-ring (bicyclic) bond motifs is 1. The Hall–Kier alpha value is -3.87. The minimum Gasteiger partial charge on any atom is -0.492 e. The predicted molar refractivity (Wildman–Crippen MR) is 105 cm³/mol. The fourth-order valence-electron chi connectivity index (χ4n) is 2.77. The van der Waals surface area contributed by atoms with E-state index >= 15 is 0 Å². The first-order valence-corrected chi connectivity index (χ1v) is 8.73. The number of aromatic nitrogens is 2. The van der Waals surface area contributed by atoms with Gasteiger partial charge in [-0.25, -0.2) is 4.79 Å². The predicted octanol–water partition coefficient (Wildman–Crippen LogP) is 3.32. The zero-order valence-corrected chi connectivity index (χ0v) is 14.9. The number of para-hydroxylation sites is 1. The van der Waals surface area contributed by atoms with Crippen molar-refractivity contribution < 1.29 is 13.9 Å². The van der Waals surface area contributed by atoms with Gasteiger partial charge in [0, 0.05) is 29.5 Å². The maximum atomic E-state index is 12.5. The molecule has 0 saturated carbocycles. The minimum absolute atomic E-state index is 0.0521. The number of ether oxygens (including phenoxy) is 1. The van der Waals surface area contributed by atoms with E-state index in [1.54, 1.807) is 53.3 Å². The Morgan fingerprint density at radius 3 is 2.86 bits per heavy atom. The molecule has 7 nitrogen and oxygen atoms in total. The van der Waals surface area contributed by atoms with Crippen molar-refractivity contribution in [2.24, 2.45) is 0 Å². The molecule has 2 aromatic carbocycles. The molecule has 2 heterocycles. The zero-order valence-electron chi connectivity index (χ0n) is 14.9. The van der Waals surface area contributed by atoms with E-state index in [2.05, 4.69) is 10.4 Å². The number of benzene rings is 2. The molecular weight excluding hydrogens is 358 g/mol. The molecule has 1 amide bonds. The number of amides is 1. The van der Waals surface area contributed by atoms with Crippen LogP contribution in [-0.4, -0.2) is 22.3 Å². The highest BCUT2D eigenvalue weighted by Gasteiger charge is 2.14. The summed E-state index contributed by atoms with van der Waals surface area (Å²) in [7, 11) is 0. The average Bonchev–Trinajstić information content (AvgIpc) is 3.21. The molecule has 4 aromatic rings. The summed E-state index contributed by atoms with van der Waals surface area (Å²) >= 11 is 0. The van der Waals surface area contributed by atoms with E-state index in [4.69, 9.17) is 9.15 Å². The highest BCUT2D eigenvalue weighted by atomic mass is 16.5. The van der Waals surface area contributed by atoms with E-state index in [9.17, 15) is 9.59 Å². The Morgan fingerprint density at radius 2 is 2.00 bits per heavy atom. The van der Waals surface area contributed by atoms with Gasteiger partial charge in [-0.05, 0) is 30.3 Å². The van der Waals surface area contributed by atoms with E-state index < -0.39 is 11.5 Å². The third-order valence-electron chi connectivity index (χ3n) is 4.13. The van der Waals surface area contributed by atoms with Crippen LogP contribution in [0.5, 0.6) is 5.75 Å².